The number of carbonyl (C=O) groups excluding carboxylic acids is 3. The first-order valence-electron chi connectivity index (χ1n) is 14.2. The number of nitrogens with one attached hydrogen (secondary N) is 1. The van der Waals surface area contributed by atoms with E-state index in [1.807, 2.05) is 72.8 Å². The van der Waals surface area contributed by atoms with Crippen LogP contribution in [0.3, 0.4) is 0 Å². The lowest BCUT2D eigenvalue weighted by atomic mass is 10.1. The van der Waals surface area contributed by atoms with Crippen LogP contribution in [0.2, 0.25) is 0 Å². The number of ether oxygens (including phenoxy) is 1. The lowest BCUT2D eigenvalue weighted by Gasteiger charge is -2.29. The monoisotopic (exact) mass is 592 g/mol. The second-order valence-electron chi connectivity index (χ2n) is 9.88. The number of rotatable bonds is 13. The number of hydrogen-bond donors (Lipinski definition) is 1. The fourth-order valence-electron chi connectivity index (χ4n) is 4.96. The van der Waals surface area contributed by atoms with Crippen LogP contribution in [0, 0.1) is 0 Å². The summed E-state index contributed by atoms with van der Waals surface area (Å²) in [5.41, 5.74) is 1.89. The summed E-state index contributed by atoms with van der Waals surface area (Å²) in [4.78, 5) is 42.0. The summed E-state index contributed by atoms with van der Waals surface area (Å²) < 4.78 is 30.5. The summed E-state index contributed by atoms with van der Waals surface area (Å²) in [6.45, 7) is 3.31. The standard InChI is InChI=1S/C32H37N2O7P/c1-3-40-42(38,41-4-2)29(21-24-13-7-5-8-14-24)31(36)33-27-20-19-26-17-11-12-18-28(26)34(32(27)37)22-30(35)39-23-25-15-9-6-10-16-25/h5-18,27,29H,3-4,19-23H2,1-2H3,(H,33,36)/t27-,29?/m0/s1. The number of nitrogens with zero attached hydrogens (tertiary/aromatic N) is 1. The molecule has 1 aliphatic heterocycles. The van der Waals surface area contributed by atoms with E-state index in [4.69, 9.17) is 13.8 Å². The number of aryl methyl sites for hydroxylation is 1. The average Bonchev–Trinajstić information content (AvgIpc) is 3.12. The number of carbonyl (C=O) groups is 3. The van der Waals surface area contributed by atoms with Crippen molar-refractivity contribution in [3.8, 4) is 0 Å². The molecule has 1 heterocycles. The normalized spacial score (nSPS) is 15.8. The van der Waals surface area contributed by atoms with Gasteiger partial charge in [0, 0.05) is 5.69 Å². The Morgan fingerprint density at radius 3 is 2.14 bits per heavy atom. The first kappa shape index (κ1) is 31.2. The molecular weight excluding hydrogens is 555 g/mol. The summed E-state index contributed by atoms with van der Waals surface area (Å²) in [6.07, 6.45) is 0.879. The van der Waals surface area contributed by atoms with Crippen LogP contribution in [0.15, 0.2) is 84.9 Å². The Hall–Kier alpha value is -3.78. The number of para-hydroxylation sites is 1. The maximum atomic E-state index is 13.9. The molecule has 0 aromatic heterocycles. The number of amides is 2. The number of esters is 1. The fourth-order valence-corrected chi connectivity index (χ4v) is 6.91. The van der Waals surface area contributed by atoms with Gasteiger partial charge in [-0.05, 0) is 55.9 Å². The molecule has 0 saturated carbocycles. The maximum absolute atomic E-state index is 13.9. The van der Waals surface area contributed by atoms with E-state index in [-0.39, 0.29) is 32.8 Å². The van der Waals surface area contributed by atoms with E-state index in [0.29, 0.717) is 18.5 Å². The van der Waals surface area contributed by atoms with Gasteiger partial charge in [0.25, 0.3) is 0 Å². The first-order chi connectivity index (χ1) is 20.3. The third-order valence-corrected chi connectivity index (χ3v) is 9.39. The molecule has 3 aromatic carbocycles. The van der Waals surface area contributed by atoms with Gasteiger partial charge in [-0.3, -0.25) is 23.8 Å². The lowest BCUT2D eigenvalue weighted by molar-refractivity contribution is -0.144. The summed E-state index contributed by atoms with van der Waals surface area (Å²) in [6, 6.07) is 24.8. The minimum absolute atomic E-state index is 0.0782. The van der Waals surface area contributed by atoms with E-state index in [1.165, 1.54) is 4.90 Å². The smallest absolute Gasteiger partial charge is 0.343 e. The largest absolute Gasteiger partial charge is 0.459 e. The molecule has 1 N–H and O–H groups in total. The van der Waals surface area contributed by atoms with Gasteiger partial charge in [0.1, 0.15) is 24.9 Å². The first-order valence-corrected chi connectivity index (χ1v) is 15.8. The maximum Gasteiger partial charge on any atom is 0.343 e. The van der Waals surface area contributed by atoms with Crippen molar-refractivity contribution in [1.29, 1.82) is 0 Å². The minimum Gasteiger partial charge on any atom is -0.459 e. The van der Waals surface area contributed by atoms with Crippen LogP contribution >= 0.6 is 7.60 Å². The Balaban J connectivity index is 1.56. The second kappa shape index (κ2) is 14.9. The van der Waals surface area contributed by atoms with Gasteiger partial charge in [0.15, 0.2) is 0 Å². The molecule has 0 bridgehead atoms. The Labute approximate surface area is 246 Å². The molecule has 0 saturated heterocycles. The summed E-state index contributed by atoms with van der Waals surface area (Å²) in [5, 5.41) is 2.83. The molecule has 0 spiro atoms. The van der Waals surface area contributed by atoms with Gasteiger partial charge in [0.05, 0.1) is 13.2 Å². The number of fused-ring (bicyclic) bond motifs is 1. The van der Waals surface area contributed by atoms with Crippen molar-refractivity contribution in [2.75, 3.05) is 24.7 Å². The second-order valence-corrected chi connectivity index (χ2v) is 12.1. The van der Waals surface area contributed by atoms with E-state index in [9.17, 15) is 18.9 Å². The zero-order valence-corrected chi connectivity index (χ0v) is 24.8. The zero-order chi connectivity index (χ0) is 30.0. The minimum atomic E-state index is -3.90. The average molecular weight is 593 g/mol. The molecular formula is C32H37N2O7P. The molecule has 4 rings (SSSR count). The fraction of sp³-hybridized carbons (Fsp3) is 0.344. The summed E-state index contributed by atoms with van der Waals surface area (Å²) >= 11 is 0. The predicted octanol–water partition coefficient (Wildman–Crippen LogP) is 5.07. The summed E-state index contributed by atoms with van der Waals surface area (Å²) in [5.74, 6) is -1.64. The van der Waals surface area contributed by atoms with Crippen molar-refractivity contribution < 1.29 is 32.7 Å². The molecule has 1 unspecified atom stereocenters. The Bertz CT molecular complexity index is 1390. The highest BCUT2D eigenvalue weighted by molar-refractivity contribution is 7.55. The molecule has 2 amide bonds. The highest BCUT2D eigenvalue weighted by Crippen LogP contribution is 2.54. The van der Waals surface area contributed by atoms with Crippen molar-refractivity contribution >= 4 is 31.1 Å². The molecule has 0 aliphatic carbocycles. The van der Waals surface area contributed by atoms with Crippen molar-refractivity contribution in [2.45, 2.75) is 51.4 Å². The topological polar surface area (TPSA) is 111 Å². The van der Waals surface area contributed by atoms with Crippen molar-refractivity contribution in [2.24, 2.45) is 0 Å². The van der Waals surface area contributed by atoms with Crippen LogP contribution in [-0.4, -0.2) is 49.2 Å². The molecule has 10 heteroatoms. The van der Waals surface area contributed by atoms with Crippen molar-refractivity contribution in [3.63, 3.8) is 0 Å². The Kier molecular flexibility index (Phi) is 11.1. The predicted molar refractivity (Wildman–Crippen MR) is 160 cm³/mol. The van der Waals surface area contributed by atoms with Gasteiger partial charge in [-0.2, -0.15) is 0 Å². The van der Waals surface area contributed by atoms with Gasteiger partial charge in [-0.1, -0.05) is 78.9 Å². The highest BCUT2D eigenvalue weighted by atomic mass is 31.2. The van der Waals surface area contributed by atoms with Crippen molar-refractivity contribution in [1.82, 2.24) is 5.32 Å². The molecule has 3 aromatic rings. The third kappa shape index (κ3) is 7.94. The molecule has 222 valence electrons. The van der Waals surface area contributed by atoms with Crippen LogP contribution in [0.1, 0.15) is 37.0 Å². The van der Waals surface area contributed by atoms with Gasteiger partial charge < -0.3 is 19.1 Å². The van der Waals surface area contributed by atoms with Crippen LogP contribution in [0.5, 0.6) is 0 Å². The molecule has 0 fully saturated rings. The van der Waals surface area contributed by atoms with E-state index < -0.39 is 37.1 Å². The van der Waals surface area contributed by atoms with E-state index >= 15 is 0 Å². The van der Waals surface area contributed by atoms with Crippen LogP contribution in [-0.2, 0) is 52.2 Å². The van der Waals surface area contributed by atoms with Crippen LogP contribution in [0.4, 0.5) is 5.69 Å². The lowest BCUT2D eigenvalue weighted by Crippen LogP contribution is -2.52. The SMILES string of the molecule is CCOP(=O)(OCC)C(Cc1ccccc1)C(=O)N[C@H]1CCc2ccccc2N(CC(=O)OCc2ccccc2)C1=O. The molecule has 1 aliphatic rings. The Morgan fingerprint density at radius 1 is 0.905 bits per heavy atom. The Morgan fingerprint density at radius 2 is 1.50 bits per heavy atom. The quantitative estimate of drug-likeness (QED) is 0.218. The van der Waals surface area contributed by atoms with Gasteiger partial charge >= 0.3 is 13.6 Å². The van der Waals surface area contributed by atoms with Gasteiger partial charge in [-0.15, -0.1) is 0 Å². The van der Waals surface area contributed by atoms with Gasteiger partial charge in [-0.25, -0.2) is 0 Å². The van der Waals surface area contributed by atoms with E-state index in [0.717, 1.165) is 16.7 Å². The molecule has 9 nitrogen and oxygen atoms in total. The molecule has 0 radical (unpaired) electrons. The summed E-state index contributed by atoms with van der Waals surface area (Å²) in [7, 11) is -3.90. The van der Waals surface area contributed by atoms with Crippen LogP contribution in [0.25, 0.3) is 0 Å². The number of hydrogen-bond acceptors (Lipinski definition) is 7. The number of benzene rings is 3. The van der Waals surface area contributed by atoms with Crippen molar-refractivity contribution in [3.05, 3.63) is 102 Å². The van der Waals surface area contributed by atoms with Crippen LogP contribution < -0.4 is 10.2 Å². The third-order valence-electron chi connectivity index (χ3n) is 6.97. The van der Waals surface area contributed by atoms with Gasteiger partial charge in [0.2, 0.25) is 11.8 Å². The number of anilines is 1. The molecule has 2 atom stereocenters. The van der Waals surface area contributed by atoms with E-state index in [1.54, 1.807) is 26.0 Å². The zero-order valence-electron chi connectivity index (χ0n) is 23.9. The highest BCUT2D eigenvalue weighted by Gasteiger charge is 2.43. The van der Waals surface area contributed by atoms with E-state index in [2.05, 4.69) is 5.32 Å². The molecule has 42 heavy (non-hydrogen) atoms.